The Morgan fingerprint density at radius 2 is 1.90 bits per heavy atom. The fourth-order valence-electron chi connectivity index (χ4n) is 4.89. The minimum absolute atomic E-state index is 0.126. The summed E-state index contributed by atoms with van der Waals surface area (Å²) in [6.07, 6.45) is 1.88. The van der Waals surface area contributed by atoms with Crippen LogP contribution in [-0.2, 0) is 14.2 Å². The summed E-state index contributed by atoms with van der Waals surface area (Å²) in [6.45, 7) is 8.09. The van der Waals surface area contributed by atoms with E-state index in [4.69, 9.17) is 18.9 Å². The largest absolute Gasteiger partial charge is 0.477 e. The Morgan fingerprint density at radius 1 is 1.10 bits per heavy atom. The first-order chi connectivity index (χ1) is 19.5. The van der Waals surface area contributed by atoms with Crippen LogP contribution in [-0.4, -0.2) is 53.7 Å². The predicted octanol–water partition coefficient (Wildman–Crippen LogP) is 5.82. The second-order valence-electron chi connectivity index (χ2n) is 10.9. The molecule has 1 fully saturated rings. The van der Waals surface area contributed by atoms with Crippen molar-refractivity contribution in [2.45, 2.75) is 58.2 Å². The van der Waals surface area contributed by atoms with Gasteiger partial charge in [-0.3, -0.25) is 10.6 Å². The smallest absolute Gasteiger partial charge is 0.413 e. The molecule has 5 rings (SSSR count). The molecule has 41 heavy (non-hydrogen) atoms. The summed E-state index contributed by atoms with van der Waals surface area (Å²) >= 11 is 0. The SMILES string of the molecule is Cc1c(-c2cc3cc(NC(=O)OC(C)(C)C)ncc3c(NC(=O)O[C@@H]3CCOC3)c2F)cnc2c1C(C#N)CCO2. The number of nitrogens with zero attached hydrogens (tertiary/aromatic N) is 3. The molecular formula is C29H30FN5O6. The zero-order valence-electron chi connectivity index (χ0n) is 23.2. The summed E-state index contributed by atoms with van der Waals surface area (Å²) < 4.78 is 38.0. The number of nitrogens with one attached hydrogen (secondary N) is 2. The van der Waals surface area contributed by atoms with E-state index in [0.717, 1.165) is 0 Å². The van der Waals surface area contributed by atoms with E-state index in [9.17, 15) is 14.9 Å². The zero-order chi connectivity index (χ0) is 29.3. The summed E-state index contributed by atoms with van der Waals surface area (Å²) in [6, 6.07) is 5.41. The Hall–Kier alpha value is -4.50. The van der Waals surface area contributed by atoms with Crippen LogP contribution in [0.25, 0.3) is 21.9 Å². The highest BCUT2D eigenvalue weighted by Crippen LogP contribution is 2.42. The number of ether oxygens (including phenoxy) is 4. The number of amides is 2. The van der Waals surface area contributed by atoms with Crippen molar-refractivity contribution >= 4 is 34.5 Å². The molecule has 0 saturated carbocycles. The van der Waals surface area contributed by atoms with E-state index in [1.807, 2.05) is 0 Å². The summed E-state index contributed by atoms with van der Waals surface area (Å²) in [5, 5.41) is 15.6. The number of rotatable bonds is 4. The minimum atomic E-state index is -0.841. The Bertz CT molecular complexity index is 1560. The monoisotopic (exact) mass is 563 g/mol. The third-order valence-electron chi connectivity index (χ3n) is 6.77. The predicted molar refractivity (Wildman–Crippen MR) is 147 cm³/mol. The van der Waals surface area contributed by atoms with Gasteiger partial charge in [0.25, 0.3) is 0 Å². The second kappa shape index (κ2) is 11.2. The molecule has 2 aliphatic rings. The maximum absolute atomic E-state index is 16.3. The molecule has 4 heterocycles. The van der Waals surface area contributed by atoms with Gasteiger partial charge in [-0.15, -0.1) is 0 Å². The molecule has 2 atom stereocenters. The first kappa shape index (κ1) is 28.0. The molecule has 2 N–H and O–H groups in total. The number of carbonyl (C=O) groups excluding carboxylic acids is 2. The van der Waals surface area contributed by atoms with Crippen molar-refractivity contribution in [3.63, 3.8) is 0 Å². The molecule has 1 unspecified atom stereocenters. The van der Waals surface area contributed by atoms with Gasteiger partial charge >= 0.3 is 12.2 Å². The molecule has 214 valence electrons. The van der Waals surface area contributed by atoms with Crippen LogP contribution in [0.1, 0.15) is 50.7 Å². The lowest BCUT2D eigenvalue weighted by molar-refractivity contribution is 0.0635. The summed E-state index contributed by atoms with van der Waals surface area (Å²) in [5.41, 5.74) is 0.920. The van der Waals surface area contributed by atoms with Crippen LogP contribution in [0.2, 0.25) is 0 Å². The molecule has 12 heteroatoms. The van der Waals surface area contributed by atoms with Crippen molar-refractivity contribution in [2.75, 3.05) is 30.5 Å². The first-order valence-electron chi connectivity index (χ1n) is 13.2. The van der Waals surface area contributed by atoms with Gasteiger partial charge in [0.05, 0.1) is 37.5 Å². The van der Waals surface area contributed by atoms with E-state index in [1.165, 1.54) is 12.4 Å². The van der Waals surface area contributed by atoms with Crippen LogP contribution in [0.5, 0.6) is 5.88 Å². The third kappa shape index (κ3) is 6.00. The minimum Gasteiger partial charge on any atom is -0.477 e. The molecule has 0 aliphatic carbocycles. The average Bonchev–Trinajstić information content (AvgIpc) is 3.42. The van der Waals surface area contributed by atoms with Gasteiger partial charge in [-0.1, -0.05) is 0 Å². The first-order valence-corrected chi connectivity index (χ1v) is 13.2. The van der Waals surface area contributed by atoms with E-state index < -0.39 is 35.6 Å². The van der Waals surface area contributed by atoms with Gasteiger partial charge in [-0.05, 0) is 50.8 Å². The van der Waals surface area contributed by atoms with Crippen LogP contribution >= 0.6 is 0 Å². The zero-order valence-corrected chi connectivity index (χ0v) is 23.2. The van der Waals surface area contributed by atoms with Crippen molar-refractivity contribution in [3.8, 4) is 23.1 Å². The van der Waals surface area contributed by atoms with Gasteiger partial charge in [0.15, 0.2) is 5.82 Å². The fourth-order valence-corrected chi connectivity index (χ4v) is 4.89. The molecule has 11 nitrogen and oxygen atoms in total. The van der Waals surface area contributed by atoms with E-state index in [0.29, 0.717) is 54.0 Å². The number of nitriles is 1. The van der Waals surface area contributed by atoms with Crippen molar-refractivity contribution < 1.29 is 32.9 Å². The number of aromatic nitrogens is 2. The van der Waals surface area contributed by atoms with Crippen molar-refractivity contribution in [2.24, 2.45) is 0 Å². The van der Waals surface area contributed by atoms with Gasteiger partial charge < -0.3 is 18.9 Å². The second-order valence-corrected chi connectivity index (χ2v) is 10.9. The van der Waals surface area contributed by atoms with E-state index in [-0.39, 0.29) is 29.1 Å². The standard InChI is InChI=1S/C29H30FN5O6/c1-15-20(12-33-26-23(15)16(11-31)5-8-39-26)19-9-17-10-22(34-28(37)41-29(2,3)4)32-13-21(17)25(24(19)30)35-27(36)40-18-6-7-38-14-18/h9-10,12-13,16,18H,5-8,14H2,1-4H3,(H,35,36)(H,32,34,37)/t16?,18-/m1/s1. The molecule has 2 amide bonds. The molecule has 1 saturated heterocycles. The maximum atomic E-state index is 16.3. The average molecular weight is 564 g/mol. The Kier molecular flexibility index (Phi) is 7.64. The number of hydrogen-bond donors (Lipinski definition) is 2. The lowest BCUT2D eigenvalue weighted by Crippen LogP contribution is -2.27. The molecule has 2 aliphatic heterocycles. The van der Waals surface area contributed by atoms with Gasteiger partial charge in [-0.2, -0.15) is 5.26 Å². The van der Waals surface area contributed by atoms with Crippen molar-refractivity contribution in [3.05, 3.63) is 41.5 Å². The lowest BCUT2D eigenvalue weighted by atomic mass is 9.88. The molecular weight excluding hydrogens is 533 g/mol. The van der Waals surface area contributed by atoms with E-state index in [1.54, 1.807) is 39.8 Å². The third-order valence-corrected chi connectivity index (χ3v) is 6.77. The maximum Gasteiger partial charge on any atom is 0.413 e. The van der Waals surface area contributed by atoms with Crippen LogP contribution in [0, 0.1) is 24.1 Å². The quantitative estimate of drug-likeness (QED) is 0.401. The number of anilines is 2. The van der Waals surface area contributed by atoms with Crippen molar-refractivity contribution in [1.82, 2.24) is 9.97 Å². The number of fused-ring (bicyclic) bond motifs is 2. The Labute approximate surface area is 236 Å². The van der Waals surface area contributed by atoms with Gasteiger partial charge in [0, 0.05) is 47.3 Å². The van der Waals surface area contributed by atoms with Gasteiger partial charge in [0.2, 0.25) is 5.88 Å². The van der Waals surface area contributed by atoms with Crippen molar-refractivity contribution in [1.29, 1.82) is 5.26 Å². The van der Waals surface area contributed by atoms with E-state index >= 15 is 4.39 Å². The Morgan fingerprint density at radius 3 is 2.61 bits per heavy atom. The number of benzene rings is 1. The normalized spacial score (nSPS) is 18.1. The lowest BCUT2D eigenvalue weighted by Gasteiger charge is -2.24. The molecule has 2 aromatic heterocycles. The molecule has 0 bridgehead atoms. The highest BCUT2D eigenvalue weighted by atomic mass is 19.1. The summed E-state index contributed by atoms with van der Waals surface area (Å²) in [7, 11) is 0. The number of halogens is 1. The summed E-state index contributed by atoms with van der Waals surface area (Å²) in [4.78, 5) is 33.8. The number of pyridine rings is 2. The number of carbonyl (C=O) groups is 2. The van der Waals surface area contributed by atoms with Crippen LogP contribution < -0.4 is 15.4 Å². The van der Waals surface area contributed by atoms with Gasteiger partial charge in [-0.25, -0.2) is 23.9 Å². The molecule has 0 radical (unpaired) electrons. The fraction of sp³-hybridized carbons (Fsp3) is 0.414. The highest BCUT2D eigenvalue weighted by molar-refractivity contribution is 6.04. The Balaban J connectivity index is 1.60. The topological polar surface area (TPSA) is 145 Å². The van der Waals surface area contributed by atoms with Gasteiger partial charge in [0.1, 0.15) is 17.5 Å². The highest BCUT2D eigenvalue weighted by Gasteiger charge is 2.29. The molecule has 1 aromatic carbocycles. The molecule has 3 aromatic rings. The summed E-state index contributed by atoms with van der Waals surface area (Å²) in [5.74, 6) is -0.676. The van der Waals surface area contributed by atoms with Crippen LogP contribution in [0.4, 0.5) is 25.5 Å². The molecule has 0 spiro atoms. The van der Waals surface area contributed by atoms with Crippen LogP contribution in [0.15, 0.2) is 24.5 Å². The van der Waals surface area contributed by atoms with Crippen LogP contribution in [0.3, 0.4) is 0 Å². The number of hydrogen-bond acceptors (Lipinski definition) is 9. The van der Waals surface area contributed by atoms with E-state index in [2.05, 4.69) is 26.7 Å².